The molecule has 1 saturated heterocycles. The number of nitrogens with zero attached hydrogens (tertiary/aromatic N) is 3. The predicted molar refractivity (Wildman–Crippen MR) is 125 cm³/mol. The summed E-state index contributed by atoms with van der Waals surface area (Å²) in [6, 6.07) is 11.4. The molecule has 1 aromatic heterocycles. The van der Waals surface area contributed by atoms with E-state index in [9.17, 15) is 4.79 Å². The lowest BCUT2D eigenvalue weighted by atomic mass is 10.1. The number of aromatic nitrogens is 2. The van der Waals surface area contributed by atoms with Crippen molar-refractivity contribution in [2.45, 2.75) is 13.8 Å². The van der Waals surface area contributed by atoms with E-state index in [2.05, 4.69) is 22.0 Å². The molecule has 0 radical (unpaired) electrons. The van der Waals surface area contributed by atoms with Gasteiger partial charge in [0, 0.05) is 42.5 Å². The van der Waals surface area contributed by atoms with Crippen LogP contribution in [0.3, 0.4) is 0 Å². The fourth-order valence-electron chi connectivity index (χ4n) is 3.84. The van der Waals surface area contributed by atoms with Gasteiger partial charge in [-0.05, 0) is 49.7 Å². The Labute approximate surface area is 191 Å². The SMILES string of the molecule is CCOc1ccc(-c2[nH]ncc2C(=O)N2CCN(c3cc(Cl)ccc3C)CC2)cc1Cl. The second-order valence-corrected chi connectivity index (χ2v) is 8.29. The van der Waals surface area contributed by atoms with Gasteiger partial charge in [-0.1, -0.05) is 29.3 Å². The van der Waals surface area contributed by atoms with Crippen LogP contribution < -0.4 is 9.64 Å². The Morgan fingerprint density at radius 3 is 2.61 bits per heavy atom. The maximum atomic E-state index is 13.2. The highest BCUT2D eigenvalue weighted by molar-refractivity contribution is 6.32. The molecule has 1 N–H and O–H groups in total. The van der Waals surface area contributed by atoms with Crippen LogP contribution in [0.2, 0.25) is 10.0 Å². The third-order valence-electron chi connectivity index (χ3n) is 5.47. The molecule has 2 aromatic carbocycles. The smallest absolute Gasteiger partial charge is 0.257 e. The van der Waals surface area contributed by atoms with Gasteiger partial charge in [-0.25, -0.2) is 0 Å². The van der Waals surface area contributed by atoms with E-state index < -0.39 is 0 Å². The van der Waals surface area contributed by atoms with Crippen molar-refractivity contribution in [2.24, 2.45) is 0 Å². The molecule has 0 aliphatic carbocycles. The third-order valence-corrected chi connectivity index (χ3v) is 6.00. The highest BCUT2D eigenvalue weighted by Crippen LogP contribution is 2.32. The van der Waals surface area contributed by atoms with Crippen molar-refractivity contribution in [1.29, 1.82) is 0 Å². The Hall–Kier alpha value is -2.70. The van der Waals surface area contributed by atoms with Gasteiger partial charge >= 0.3 is 0 Å². The number of aromatic amines is 1. The molecule has 6 nitrogen and oxygen atoms in total. The standard InChI is InChI=1S/C23H24Cl2N4O2/c1-3-31-21-7-5-16(12-19(21)25)22-18(14-26-27-22)23(30)29-10-8-28(9-11-29)20-13-17(24)6-4-15(20)2/h4-7,12-14H,3,8-11H2,1-2H3,(H,26,27). The van der Waals surface area contributed by atoms with Crippen LogP contribution in [0.5, 0.6) is 5.75 Å². The molecule has 0 bridgehead atoms. The number of carbonyl (C=O) groups is 1. The van der Waals surface area contributed by atoms with E-state index >= 15 is 0 Å². The predicted octanol–water partition coefficient (Wildman–Crippen LogP) is 5.05. The zero-order valence-corrected chi connectivity index (χ0v) is 19.0. The van der Waals surface area contributed by atoms with Crippen molar-refractivity contribution >= 4 is 34.8 Å². The van der Waals surface area contributed by atoms with E-state index in [1.165, 1.54) is 5.56 Å². The number of hydrogen-bond donors (Lipinski definition) is 1. The van der Waals surface area contributed by atoms with Crippen LogP contribution in [0.25, 0.3) is 11.3 Å². The quantitative estimate of drug-likeness (QED) is 0.580. The normalized spacial score (nSPS) is 14.1. The highest BCUT2D eigenvalue weighted by atomic mass is 35.5. The molecule has 1 fully saturated rings. The molecule has 1 aliphatic rings. The summed E-state index contributed by atoms with van der Waals surface area (Å²) < 4.78 is 5.50. The average Bonchev–Trinajstić information content (AvgIpc) is 3.26. The Morgan fingerprint density at radius 1 is 1.13 bits per heavy atom. The highest BCUT2D eigenvalue weighted by Gasteiger charge is 2.26. The van der Waals surface area contributed by atoms with Gasteiger partial charge in [-0.2, -0.15) is 5.10 Å². The van der Waals surface area contributed by atoms with Crippen molar-refractivity contribution in [3.05, 3.63) is 63.8 Å². The molecule has 8 heteroatoms. The zero-order valence-electron chi connectivity index (χ0n) is 17.5. The number of H-pyrrole nitrogens is 1. The fraction of sp³-hybridized carbons (Fsp3) is 0.304. The first-order chi connectivity index (χ1) is 15.0. The van der Waals surface area contributed by atoms with E-state index in [0.717, 1.165) is 29.4 Å². The minimum absolute atomic E-state index is 0.0452. The molecule has 31 heavy (non-hydrogen) atoms. The maximum Gasteiger partial charge on any atom is 0.257 e. The summed E-state index contributed by atoms with van der Waals surface area (Å²) in [7, 11) is 0. The number of hydrogen-bond acceptors (Lipinski definition) is 4. The van der Waals surface area contributed by atoms with E-state index in [4.69, 9.17) is 27.9 Å². The molecule has 1 aliphatic heterocycles. The number of piperazine rings is 1. The summed E-state index contributed by atoms with van der Waals surface area (Å²) in [6.45, 7) is 7.25. The Bertz CT molecular complexity index is 1090. The molecule has 0 saturated carbocycles. The Balaban J connectivity index is 1.49. The minimum Gasteiger partial charge on any atom is -0.492 e. The lowest BCUT2D eigenvalue weighted by Crippen LogP contribution is -2.49. The molecule has 0 spiro atoms. The van der Waals surface area contributed by atoms with Gasteiger partial charge in [-0.3, -0.25) is 9.89 Å². The van der Waals surface area contributed by atoms with Gasteiger partial charge in [0.2, 0.25) is 0 Å². The number of halogens is 2. The number of amides is 1. The van der Waals surface area contributed by atoms with Crippen molar-refractivity contribution in [2.75, 3.05) is 37.7 Å². The summed E-state index contributed by atoms with van der Waals surface area (Å²) in [5, 5.41) is 8.28. The second-order valence-electron chi connectivity index (χ2n) is 7.45. The number of carbonyl (C=O) groups excluding carboxylic acids is 1. The molecule has 0 unspecified atom stereocenters. The van der Waals surface area contributed by atoms with Crippen molar-refractivity contribution in [3.63, 3.8) is 0 Å². The van der Waals surface area contributed by atoms with Crippen molar-refractivity contribution < 1.29 is 9.53 Å². The van der Waals surface area contributed by atoms with Crippen LogP contribution in [-0.4, -0.2) is 53.8 Å². The first-order valence-electron chi connectivity index (χ1n) is 10.2. The molecule has 1 amide bonds. The summed E-state index contributed by atoms with van der Waals surface area (Å²) in [5.41, 5.74) is 4.28. The summed E-state index contributed by atoms with van der Waals surface area (Å²) in [6.07, 6.45) is 1.58. The first-order valence-corrected chi connectivity index (χ1v) is 11.0. The van der Waals surface area contributed by atoms with Crippen molar-refractivity contribution in [1.82, 2.24) is 15.1 Å². The minimum atomic E-state index is -0.0452. The number of ether oxygens (including phenoxy) is 1. The van der Waals surface area contributed by atoms with Crippen LogP contribution in [0.1, 0.15) is 22.8 Å². The van der Waals surface area contributed by atoms with E-state index in [-0.39, 0.29) is 5.91 Å². The first kappa shape index (κ1) is 21.5. The van der Waals surface area contributed by atoms with Crippen molar-refractivity contribution in [3.8, 4) is 17.0 Å². The number of nitrogens with one attached hydrogen (secondary N) is 1. The summed E-state index contributed by atoms with van der Waals surface area (Å²) >= 11 is 12.5. The fourth-order valence-corrected chi connectivity index (χ4v) is 4.24. The number of benzene rings is 2. The summed E-state index contributed by atoms with van der Waals surface area (Å²) in [5.74, 6) is 0.573. The maximum absolute atomic E-state index is 13.2. The van der Waals surface area contributed by atoms with E-state index in [1.807, 2.05) is 42.2 Å². The molecular weight excluding hydrogens is 435 g/mol. The molecule has 4 rings (SSSR count). The number of aryl methyl sites for hydroxylation is 1. The van der Waals surface area contributed by atoms with Crippen LogP contribution in [0.15, 0.2) is 42.6 Å². The molecule has 162 valence electrons. The lowest BCUT2D eigenvalue weighted by molar-refractivity contribution is 0.0747. The van der Waals surface area contributed by atoms with Gasteiger partial charge in [0.1, 0.15) is 5.75 Å². The van der Waals surface area contributed by atoms with E-state index in [1.54, 1.807) is 12.3 Å². The van der Waals surface area contributed by atoms with Crippen LogP contribution in [-0.2, 0) is 0 Å². The lowest BCUT2D eigenvalue weighted by Gasteiger charge is -2.36. The van der Waals surface area contributed by atoms with Crippen LogP contribution in [0.4, 0.5) is 5.69 Å². The Morgan fingerprint density at radius 2 is 1.90 bits per heavy atom. The second kappa shape index (κ2) is 9.20. The Kier molecular flexibility index (Phi) is 6.39. The third kappa shape index (κ3) is 4.50. The van der Waals surface area contributed by atoms with Gasteiger partial charge in [0.25, 0.3) is 5.91 Å². The van der Waals surface area contributed by atoms with Gasteiger partial charge in [-0.15, -0.1) is 0 Å². The molecular formula is C23H24Cl2N4O2. The zero-order chi connectivity index (χ0) is 22.0. The van der Waals surface area contributed by atoms with Gasteiger partial charge in [0.05, 0.1) is 29.1 Å². The largest absolute Gasteiger partial charge is 0.492 e. The number of rotatable bonds is 5. The topological polar surface area (TPSA) is 61.5 Å². The van der Waals surface area contributed by atoms with Gasteiger partial charge in [0.15, 0.2) is 0 Å². The monoisotopic (exact) mass is 458 g/mol. The number of anilines is 1. The molecule has 0 atom stereocenters. The average molecular weight is 459 g/mol. The van der Waals surface area contributed by atoms with E-state index in [0.29, 0.717) is 41.7 Å². The van der Waals surface area contributed by atoms with Crippen LogP contribution in [0, 0.1) is 6.92 Å². The van der Waals surface area contributed by atoms with Crippen LogP contribution >= 0.6 is 23.2 Å². The summed E-state index contributed by atoms with van der Waals surface area (Å²) in [4.78, 5) is 17.4. The molecule has 2 heterocycles. The molecule has 3 aromatic rings. The van der Waals surface area contributed by atoms with Gasteiger partial charge < -0.3 is 14.5 Å².